The lowest BCUT2D eigenvalue weighted by Gasteiger charge is -2.34. The van der Waals surface area contributed by atoms with Gasteiger partial charge in [0.1, 0.15) is 17.5 Å². The van der Waals surface area contributed by atoms with Crippen LogP contribution in [0.15, 0.2) is 47.4 Å². The second kappa shape index (κ2) is 10.9. The zero-order valence-corrected chi connectivity index (χ0v) is 24.0. The van der Waals surface area contributed by atoms with Gasteiger partial charge in [-0.3, -0.25) is 9.59 Å². The molecule has 3 aromatic rings. The number of fused-ring (bicyclic) bond motifs is 2. The van der Waals surface area contributed by atoms with Crippen molar-refractivity contribution in [3.05, 3.63) is 53.0 Å². The first-order valence-electron chi connectivity index (χ1n) is 13.2. The van der Waals surface area contributed by atoms with Gasteiger partial charge in [-0.2, -0.15) is 4.72 Å². The molecule has 0 saturated carbocycles. The van der Waals surface area contributed by atoms with Crippen LogP contribution < -0.4 is 10.0 Å². The van der Waals surface area contributed by atoms with Gasteiger partial charge in [0, 0.05) is 26.4 Å². The summed E-state index contributed by atoms with van der Waals surface area (Å²) in [5.74, 6) is -0.753. The number of carbonyl (C=O) groups excluding carboxylic acids is 2. The standard InChI is InChI=1S/C28H34N4O5S2/c1-18(33)37-16-20-9-7-13-32(20)27(34)22(14-25-30-21-10-4-5-11-23(21)38-25)31-39(35,36)24-12-6-8-19-15-28(2,3)17-29-26(19)24/h4-6,8,10-12,20,22,29,31H,7,9,13-17H2,1-3H3/t20-,22+/m1/s1. The maximum atomic E-state index is 13.9. The Kier molecular flexibility index (Phi) is 7.67. The summed E-state index contributed by atoms with van der Waals surface area (Å²) in [7, 11) is -4.07. The monoisotopic (exact) mass is 570 g/mol. The lowest BCUT2D eigenvalue weighted by atomic mass is 9.82. The normalized spacial score (nSPS) is 19.4. The van der Waals surface area contributed by atoms with Crippen molar-refractivity contribution in [3.63, 3.8) is 0 Å². The molecule has 0 spiro atoms. The highest BCUT2D eigenvalue weighted by atomic mass is 32.2. The smallest absolute Gasteiger partial charge is 0.302 e. The lowest BCUT2D eigenvalue weighted by Crippen LogP contribution is -2.52. The van der Waals surface area contributed by atoms with Gasteiger partial charge in [0.25, 0.3) is 0 Å². The number of ether oxygens (including phenoxy) is 1. The third-order valence-corrected chi connectivity index (χ3v) is 9.84. The third kappa shape index (κ3) is 6.10. The van der Waals surface area contributed by atoms with Crippen LogP contribution in [0.3, 0.4) is 0 Å². The van der Waals surface area contributed by atoms with Gasteiger partial charge in [-0.1, -0.05) is 38.1 Å². The molecule has 5 rings (SSSR count). The summed E-state index contributed by atoms with van der Waals surface area (Å²) >= 11 is 1.45. The molecular weight excluding hydrogens is 536 g/mol. The first-order chi connectivity index (χ1) is 18.5. The summed E-state index contributed by atoms with van der Waals surface area (Å²) in [6.45, 7) is 6.82. The predicted molar refractivity (Wildman–Crippen MR) is 151 cm³/mol. The first kappa shape index (κ1) is 27.5. The molecule has 2 aliphatic rings. The van der Waals surface area contributed by atoms with Crippen LogP contribution in [0.2, 0.25) is 0 Å². The predicted octanol–water partition coefficient (Wildman–Crippen LogP) is 3.73. The first-order valence-corrected chi connectivity index (χ1v) is 15.5. The van der Waals surface area contributed by atoms with Gasteiger partial charge < -0.3 is 15.0 Å². The molecule has 11 heteroatoms. The number of thiazole rings is 1. The van der Waals surface area contributed by atoms with Gasteiger partial charge in [0.15, 0.2) is 0 Å². The summed E-state index contributed by atoms with van der Waals surface area (Å²) in [4.78, 5) is 31.8. The van der Waals surface area contributed by atoms with Crippen molar-refractivity contribution < 1.29 is 22.7 Å². The van der Waals surface area contributed by atoms with E-state index in [1.807, 2.05) is 30.3 Å². The molecule has 2 aliphatic heterocycles. The number of anilines is 1. The number of carbonyl (C=O) groups is 2. The van der Waals surface area contributed by atoms with E-state index < -0.39 is 22.0 Å². The zero-order valence-electron chi connectivity index (χ0n) is 22.4. The lowest BCUT2D eigenvalue weighted by molar-refractivity contribution is -0.145. The Balaban J connectivity index is 1.46. The average molecular weight is 571 g/mol. The van der Waals surface area contributed by atoms with Crippen molar-refractivity contribution in [1.29, 1.82) is 0 Å². The fraction of sp³-hybridized carbons (Fsp3) is 0.464. The molecule has 2 N–H and O–H groups in total. The van der Waals surface area contributed by atoms with E-state index in [0.29, 0.717) is 30.2 Å². The van der Waals surface area contributed by atoms with Gasteiger partial charge in [-0.05, 0) is 48.4 Å². The van der Waals surface area contributed by atoms with Gasteiger partial charge in [-0.25, -0.2) is 13.4 Å². The van der Waals surface area contributed by atoms with E-state index in [2.05, 4.69) is 28.9 Å². The van der Waals surface area contributed by atoms with Crippen LogP contribution in [-0.2, 0) is 37.2 Å². The number of aromatic nitrogens is 1. The number of nitrogens with zero attached hydrogens (tertiary/aromatic N) is 2. The topological polar surface area (TPSA) is 118 Å². The minimum Gasteiger partial charge on any atom is -0.464 e. The van der Waals surface area contributed by atoms with Crippen LogP contribution >= 0.6 is 11.3 Å². The van der Waals surface area contributed by atoms with Gasteiger partial charge in [-0.15, -0.1) is 11.3 Å². The number of hydrogen-bond donors (Lipinski definition) is 2. The number of likely N-dealkylation sites (tertiary alicyclic amines) is 1. The highest BCUT2D eigenvalue weighted by Crippen LogP contribution is 2.36. The van der Waals surface area contributed by atoms with E-state index in [1.54, 1.807) is 17.0 Å². The molecule has 1 aromatic heterocycles. The van der Waals surface area contributed by atoms with Crippen molar-refractivity contribution >= 4 is 49.1 Å². The number of hydrogen-bond acceptors (Lipinski definition) is 8. The molecule has 2 atom stereocenters. The summed E-state index contributed by atoms with van der Waals surface area (Å²) in [6, 6.07) is 11.6. The average Bonchev–Trinajstić information content (AvgIpc) is 3.52. The van der Waals surface area contributed by atoms with E-state index in [0.717, 1.165) is 28.6 Å². The largest absolute Gasteiger partial charge is 0.464 e. The minimum absolute atomic E-state index is 0.000863. The van der Waals surface area contributed by atoms with Crippen LogP contribution in [0.25, 0.3) is 10.2 Å². The number of amides is 1. The summed E-state index contributed by atoms with van der Waals surface area (Å²) in [6.07, 6.45) is 2.30. The fourth-order valence-corrected chi connectivity index (χ4v) is 7.81. The van der Waals surface area contributed by atoms with E-state index in [-0.39, 0.29) is 35.3 Å². The molecule has 0 aliphatic carbocycles. The number of rotatable bonds is 8. The number of sulfonamides is 1. The van der Waals surface area contributed by atoms with E-state index >= 15 is 0 Å². The Morgan fingerprint density at radius 3 is 2.79 bits per heavy atom. The quantitative estimate of drug-likeness (QED) is 0.396. The molecular formula is C28H34N4O5S2. The van der Waals surface area contributed by atoms with Crippen LogP contribution in [0.5, 0.6) is 0 Å². The summed E-state index contributed by atoms with van der Waals surface area (Å²) < 4.78 is 36.6. The molecule has 0 radical (unpaired) electrons. The molecule has 0 bridgehead atoms. The minimum atomic E-state index is -4.07. The second-order valence-electron chi connectivity index (χ2n) is 11.1. The molecule has 1 amide bonds. The van der Waals surface area contributed by atoms with Crippen molar-refractivity contribution in [2.24, 2.45) is 5.41 Å². The Morgan fingerprint density at radius 1 is 1.23 bits per heavy atom. The van der Waals surface area contributed by atoms with Crippen molar-refractivity contribution in [1.82, 2.24) is 14.6 Å². The molecule has 39 heavy (non-hydrogen) atoms. The van der Waals surface area contributed by atoms with Crippen molar-refractivity contribution in [2.45, 2.75) is 63.4 Å². The maximum Gasteiger partial charge on any atom is 0.302 e. The van der Waals surface area contributed by atoms with E-state index in [1.165, 1.54) is 18.3 Å². The van der Waals surface area contributed by atoms with Crippen molar-refractivity contribution in [3.8, 4) is 0 Å². The Bertz CT molecular complexity index is 1470. The number of para-hydroxylation sites is 2. The van der Waals surface area contributed by atoms with E-state index in [4.69, 9.17) is 4.74 Å². The Morgan fingerprint density at radius 2 is 2.03 bits per heavy atom. The molecule has 9 nitrogen and oxygen atoms in total. The second-order valence-corrected chi connectivity index (χ2v) is 13.9. The highest BCUT2D eigenvalue weighted by Gasteiger charge is 2.38. The Hall–Kier alpha value is -3.02. The molecule has 1 saturated heterocycles. The van der Waals surface area contributed by atoms with Gasteiger partial charge in [0.2, 0.25) is 15.9 Å². The molecule has 2 aromatic carbocycles. The number of nitrogens with one attached hydrogen (secondary N) is 2. The maximum absolute atomic E-state index is 13.9. The van der Waals surface area contributed by atoms with Crippen LogP contribution in [0, 0.1) is 5.41 Å². The Labute approximate surface area is 233 Å². The van der Waals surface area contributed by atoms with Crippen LogP contribution in [-0.4, -0.2) is 62.0 Å². The number of benzene rings is 2. The summed E-state index contributed by atoms with van der Waals surface area (Å²) in [5, 5.41) is 3.98. The van der Waals surface area contributed by atoms with Gasteiger partial charge >= 0.3 is 5.97 Å². The van der Waals surface area contributed by atoms with Crippen LogP contribution in [0.4, 0.5) is 5.69 Å². The SMILES string of the molecule is CC(=O)OC[C@H]1CCCN1C(=O)[C@H](Cc1nc2ccccc2s1)NS(=O)(=O)c1cccc2c1NCC(C)(C)C2. The van der Waals surface area contributed by atoms with Gasteiger partial charge in [0.05, 0.1) is 27.0 Å². The molecule has 3 heterocycles. The zero-order chi connectivity index (χ0) is 27.8. The van der Waals surface area contributed by atoms with E-state index in [9.17, 15) is 18.0 Å². The fourth-order valence-electron chi connectivity index (χ4n) is 5.38. The summed E-state index contributed by atoms with van der Waals surface area (Å²) in [5.41, 5.74) is 2.33. The third-order valence-electron chi connectivity index (χ3n) is 7.27. The molecule has 1 fully saturated rings. The number of esters is 1. The molecule has 208 valence electrons. The molecule has 0 unspecified atom stereocenters. The highest BCUT2D eigenvalue weighted by molar-refractivity contribution is 7.89. The van der Waals surface area contributed by atoms with Crippen molar-refractivity contribution in [2.75, 3.05) is 25.0 Å². The van der Waals surface area contributed by atoms with Crippen LogP contribution in [0.1, 0.15) is 44.2 Å².